The minimum absolute atomic E-state index is 0.146. The molecule has 0 fully saturated rings. The Morgan fingerprint density at radius 3 is 2.24 bits per heavy atom. The van der Waals surface area contributed by atoms with Crippen molar-refractivity contribution in [3.63, 3.8) is 0 Å². The van der Waals surface area contributed by atoms with Gasteiger partial charge in [-0.15, -0.1) is 0 Å². The second-order valence-corrected chi connectivity index (χ2v) is 5.02. The van der Waals surface area contributed by atoms with E-state index in [9.17, 15) is 4.79 Å². The van der Waals surface area contributed by atoms with Crippen molar-refractivity contribution in [3.05, 3.63) is 54.6 Å². The molecule has 0 heterocycles. The van der Waals surface area contributed by atoms with Crippen molar-refractivity contribution in [1.82, 2.24) is 5.32 Å². The fourth-order valence-corrected chi connectivity index (χ4v) is 2.30. The Hall–Kier alpha value is -2.29. The lowest BCUT2D eigenvalue weighted by Gasteiger charge is -2.17. The molecule has 3 heteroatoms. The largest absolute Gasteiger partial charge is 0.335 e. The molecule has 2 aromatic rings. The van der Waals surface area contributed by atoms with Crippen LogP contribution in [0.3, 0.4) is 0 Å². The lowest BCUT2D eigenvalue weighted by atomic mass is 10.0. The number of hydrogen-bond acceptors (Lipinski definition) is 1. The maximum absolute atomic E-state index is 12.1. The van der Waals surface area contributed by atoms with E-state index < -0.39 is 0 Å². The van der Waals surface area contributed by atoms with E-state index in [1.165, 1.54) is 0 Å². The van der Waals surface area contributed by atoms with Crippen molar-refractivity contribution in [1.29, 1.82) is 0 Å². The molecule has 0 radical (unpaired) electrons. The number of para-hydroxylation sites is 1. The molecule has 3 nitrogen and oxygen atoms in total. The highest BCUT2D eigenvalue weighted by Gasteiger charge is 2.10. The van der Waals surface area contributed by atoms with Crippen LogP contribution in [0.15, 0.2) is 54.6 Å². The second-order valence-electron chi connectivity index (χ2n) is 5.02. The van der Waals surface area contributed by atoms with E-state index in [1.54, 1.807) is 0 Å². The average molecular weight is 282 g/mol. The molecule has 0 bridgehead atoms. The summed E-state index contributed by atoms with van der Waals surface area (Å²) in [5, 5.41) is 5.95. The summed E-state index contributed by atoms with van der Waals surface area (Å²) >= 11 is 0. The van der Waals surface area contributed by atoms with Crippen LogP contribution in [0.4, 0.5) is 10.5 Å². The first kappa shape index (κ1) is 15.1. The van der Waals surface area contributed by atoms with Crippen LogP contribution >= 0.6 is 0 Å². The van der Waals surface area contributed by atoms with Crippen LogP contribution in [0.2, 0.25) is 0 Å². The number of rotatable bonds is 5. The van der Waals surface area contributed by atoms with E-state index in [2.05, 4.69) is 24.5 Å². The zero-order valence-electron chi connectivity index (χ0n) is 12.6. The number of amides is 2. The SMILES string of the molecule is CCC(CC)NC(=O)Nc1ccccc1-c1ccccc1. The van der Waals surface area contributed by atoms with Crippen molar-refractivity contribution < 1.29 is 4.79 Å². The summed E-state index contributed by atoms with van der Waals surface area (Å²) in [6.45, 7) is 4.15. The number of carbonyl (C=O) groups is 1. The summed E-state index contributed by atoms with van der Waals surface area (Å²) in [4.78, 5) is 12.1. The molecule has 2 amide bonds. The van der Waals surface area contributed by atoms with Gasteiger partial charge in [-0.25, -0.2) is 4.79 Å². The first-order chi connectivity index (χ1) is 10.2. The quantitative estimate of drug-likeness (QED) is 0.822. The topological polar surface area (TPSA) is 41.1 Å². The van der Waals surface area contributed by atoms with Gasteiger partial charge in [-0.3, -0.25) is 0 Å². The third-order valence-corrected chi connectivity index (χ3v) is 3.58. The first-order valence-corrected chi connectivity index (χ1v) is 7.46. The second kappa shape index (κ2) is 7.48. The summed E-state index contributed by atoms with van der Waals surface area (Å²) in [6.07, 6.45) is 1.87. The van der Waals surface area contributed by atoms with Crippen molar-refractivity contribution in [3.8, 4) is 11.1 Å². The van der Waals surface area contributed by atoms with E-state index in [1.807, 2.05) is 54.6 Å². The Morgan fingerprint density at radius 1 is 0.952 bits per heavy atom. The Balaban J connectivity index is 2.16. The predicted octanol–water partition coefficient (Wildman–Crippen LogP) is 4.66. The van der Waals surface area contributed by atoms with Gasteiger partial charge >= 0.3 is 6.03 Å². The third kappa shape index (κ3) is 4.09. The Kier molecular flexibility index (Phi) is 5.38. The van der Waals surface area contributed by atoms with Gasteiger partial charge in [-0.05, 0) is 24.5 Å². The summed E-state index contributed by atoms with van der Waals surface area (Å²) in [7, 11) is 0. The lowest BCUT2D eigenvalue weighted by molar-refractivity contribution is 0.247. The Morgan fingerprint density at radius 2 is 1.57 bits per heavy atom. The molecule has 2 N–H and O–H groups in total. The lowest BCUT2D eigenvalue weighted by Crippen LogP contribution is -2.37. The van der Waals surface area contributed by atoms with Gasteiger partial charge in [0.15, 0.2) is 0 Å². The normalized spacial score (nSPS) is 10.4. The standard InChI is InChI=1S/C18H22N2O/c1-3-15(4-2)19-18(21)20-17-13-9-8-12-16(17)14-10-6-5-7-11-14/h5-13,15H,3-4H2,1-2H3,(H2,19,20,21). The van der Waals surface area contributed by atoms with Crippen molar-refractivity contribution in [2.75, 3.05) is 5.32 Å². The molecule has 110 valence electrons. The fraction of sp³-hybridized carbons (Fsp3) is 0.278. The van der Waals surface area contributed by atoms with Crippen LogP contribution in [-0.2, 0) is 0 Å². The molecular weight excluding hydrogens is 260 g/mol. The smallest absolute Gasteiger partial charge is 0.319 e. The number of carbonyl (C=O) groups excluding carboxylic acids is 1. The monoisotopic (exact) mass is 282 g/mol. The van der Waals surface area contributed by atoms with E-state index in [-0.39, 0.29) is 12.1 Å². The van der Waals surface area contributed by atoms with Gasteiger partial charge < -0.3 is 10.6 Å². The van der Waals surface area contributed by atoms with Crippen molar-refractivity contribution >= 4 is 11.7 Å². The molecule has 2 rings (SSSR count). The minimum atomic E-state index is -0.146. The van der Waals surface area contributed by atoms with Gasteiger partial charge in [0.05, 0.1) is 5.69 Å². The number of hydrogen-bond donors (Lipinski definition) is 2. The van der Waals surface area contributed by atoms with E-state index >= 15 is 0 Å². The van der Waals surface area contributed by atoms with E-state index in [4.69, 9.17) is 0 Å². The molecule has 0 aliphatic carbocycles. The van der Waals surface area contributed by atoms with Crippen LogP contribution in [0.1, 0.15) is 26.7 Å². The molecule has 0 saturated carbocycles. The molecule has 0 atom stereocenters. The van der Waals surface area contributed by atoms with Crippen molar-refractivity contribution in [2.24, 2.45) is 0 Å². The summed E-state index contributed by atoms with van der Waals surface area (Å²) in [6, 6.07) is 18.0. The highest BCUT2D eigenvalue weighted by Crippen LogP contribution is 2.27. The summed E-state index contributed by atoms with van der Waals surface area (Å²) < 4.78 is 0. The first-order valence-electron chi connectivity index (χ1n) is 7.46. The van der Waals surface area contributed by atoms with Crippen LogP contribution < -0.4 is 10.6 Å². The van der Waals surface area contributed by atoms with Gasteiger partial charge in [0, 0.05) is 11.6 Å². The molecule has 2 aromatic carbocycles. The molecule has 0 spiro atoms. The van der Waals surface area contributed by atoms with Gasteiger partial charge in [0.2, 0.25) is 0 Å². The molecular formula is C18H22N2O. The van der Waals surface area contributed by atoms with Crippen LogP contribution in [0.5, 0.6) is 0 Å². The van der Waals surface area contributed by atoms with Gasteiger partial charge in [-0.2, -0.15) is 0 Å². The van der Waals surface area contributed by atoms with Gasteiger partial charge in [0.1, 0.15) is 0 Å². The summed E-state index contributed by atoms with van der Waals surface area (Å²) in [5.41, 5.74) is 2.95. The van der Waals surface area contributed by atoms with E-state index in [0.29, 0.717) is 0 Å². The molecule has 0 saturated heterocycles. The highest BCUT2D eigenvalue weighted by atomic mass is 16.2. The number of nitrogens with one attached hydrogen (secondary N) is 2. The molecule has 0 aromatic heterocycles. The van der Waals surface area contributed by atoms with Crippen LogP contribution in [-0.4, -0.2) is 12.1 Å². The number of urea groups is 1. The average Bonchev–Trinajstić information content (AvgIpc) is 2.54. The molecule has 0 aliphatic heterocycles. The highest BCUT2D eigenvalue weighted by molar-refractivity contribution is 5.94. The maximum atomic E-state index is 12.1. The molecule has 0 unspecified atom stereocenters. The number of benzene rings is 2. The van der Waals surface area contributed by atoms with Crippen molar-refractivity contribution in [2.45, 2.75) is 32.7 Å². The maximum Gasteiger partial charge on any atom is 0.319 e. The third-order valence-electron chi connectivity index (χ3n) is 3.58. The minimum Gasteiger partial charge on any atom is -0.335 e. The molecule has 0 aliphatic rings. The zero-order chi connectivity index (χ0) is 15.1. The van der Waals surface area contributed by atoms with Gasteiger partial charge in [0.25, 0.3) is 0 Å². The Bertz CT molecular complexity index is 577. The predicted molar refractivity (Wildman–Crippen MR) is 88.4 cm³/mol. The van der Waals surface area contributed by atoms with Gasteiger partial charge in [-0.1, -0.05) is 62.4 Å². The number of anilines is 1. The zero-order valence-corrected chi connectivity index (χ0v) is 12.6. The summed E-state index contributed by atoms with van der Waals surface area (Å²) in [5.74, 6) is 0. The molecule has 21 heavy (non-hydrogen) atoms. The Labute approximate surface area is 126 Å². The fourth-order valence-electron chi connectivity index (χ4n) is 2.30. The van der Waals surface area contributed by atoms with E-state index in [0.717, 1.165) is 29.7 Å². The van der Waals surface area contributed by atoms with Crippen LogP contribution in [0.25, 0.3) is 11.1 Å². The van der Waals surface area contributed by atoms with Crippen LogP contribution in [0, 0.1) is 0 Å².